The van der Waals surface area contributed by atoms with E-state index in [1.165, 1.54) is 18.4 Å². The molecule has 3 nitrogen and oxygen atoms in total. The molecule has 4 fully saturated rings. The number of ether oxygens (including phenoxy) is 1. The highest BCUT2D eigenvalue weighted by atomic mass is 16.6. The third kappa shape index (κ3) is 1.69. The predicted molar refractivity (Wildman–Crippen MR) is 91.4 cm³/mol. The zero-order valence-electron chi connectivity index (χ0n) is 15.2. The van der Waals surface area contributed by atoms with Gasteiger partial charge in [0.15, 0.2) is 11.4 Å². The summed E-state index contributed by atoms with van der Waals surface area (Å²) < 4.78 is 6.00. The van der Waals surface area contributed by atoms with E-state index in [0.29, 0.717) is 11.8 Å². The fourth-order valence-electron chi connectivity index (χ4n) is 7.44. The van der Waals surface area contributed by atoms with E-state index in [1.807, 2.05) is 0 Å². The van der Waals surface area contributed by atoms with Crippen LogP contribution in [0, 0.1) is 28.6 Å². The molecular weight excluding hydrogens is 300 g/mol. The largest absolute Gasteiger partial charge is 0.393 e. The van der Waals surface area contributed by atoms with Crippen molar-refractivity contribution >= 4 is 5.78 Å². The Morgan fingerprint density at radius 3 is 2.79 bits per heavy atom. The molecule has 24 heavy (non-hydrogen) atoms. The van der Waals surface area contributed by atoms with Crippen LogP contribution in [0.15, 0.2) is 11.6 Å². The van der Waals surface area contributed by atoms with Crippen molar-refractivity contribution in [3.05, 3.63) is 11.6 Å². The quantitative estimate of drug-likeness (QED) is 0.590. The van der Waals surface area contributed by atoms with Gasteiger partial charge in [-0.3, -0.25) is 4.79 Å². The number of Topliss-reactive ketones (excluding diaryl/α,β-unsaturated/α-hetero) is 1. The number of fused-ring (bicyclic) bond motifs is 7. The summed E-state index contributed by atoms with van der Waals surface area (Å²) in [5, 5.41) is 10.1. The molecule has 8 atom stereocenters. The summed E-state index contributed by atoms with van der Waals surface area (Å²) in [6.07, 6.45) is 10.0. The second-order valence-electron chi connectivity index (χ2n) is 9.85. The maximum Gasteiger partial charge on any atom is 0.164 e. The van der Waals surface area contributed by atoms with Gasteiger partial charge in [-0.2, -0.15) is 0 Å². The average Bonchev–Trinajstić information content (AvgIpc) is 3.22. The first-order valence-corrected chi connectivity index (χ1v) is 9.88. The van der Waals surface area contributed by atoms with Gasteiger partial charge in [0.1, 0.15) is 6.10 Å². The summed E-state index contributed by atoms with van der Waals surface area (Å²) in [6.45, 7) is 6.57. The Kier molecular flexibility index (Phi) is 2.94. The molecule has 5 aliphatic rings. The molecule has 1 N–H and O–H groups in total. The number of aliphatic hydroxyl groups is 1. The Bertz CT molecular complexity index is 639. The summed E-state index contributed by atoms with van der Waals surface area (Å²) in [7, 11) is 0. The van der Waals surface area contributed by atoms with Crippen LogP contribution in [0.4, 0.5) is 0 Å². The first-order valence-electron chi connectivity index (χ1n) is 9.88. The number of rotatable bonds is 1. The van der Waals surface area contributed by atoms with E-state index < -0.39 is 5.60 Å². The van der Waals surface area contributed by atoms with Gasteiger partial charge in [0.2, 0.25) is 0 Å². The van der Waals surface area contributed by atoms with E-state index in [1.54, 1.807) is 6.92 Å². The standard InChI is InChI=1S/C21H30O3/c1-12(22)21-11-17-15-5-4-13-10-14(23)6-8-19(13,2)16(15)7-9-20(17,3)18(21)24-21/h4,14-18,23H,5-11H2,1-3H3/t14-,15-,16-,17-,18+,19+,20+,21+/m1/s1. The zero-order chi connectivity index (χ0) is 16.9. The molecule has 0 bridgehead atoms. The highest BCUT2D eigenvalue weighted by Gasteiger charge is 2.77. The number of carbonyl (C=O) groups is 1. The Morgan fingerprint density at radius 1 is 1.25 bits per heavy atom. The molecule has 1 saturated heterocycles. The molecule has 0 aromatic rings. The number of allylic oxidation sites excluding steroid dienone is 1. The van der Waals surface area contributed by atoms with Crippen LogP contribution in [0.2, 0.25) is 0 Å². The monoisotopic (exact) mass is 330 g/mol. The van der Waals surface area contributed by atoms with Crippen LogP contribution in [0.3, 0.4) is 0 Å². The van der Waals surface area contributed by atoms with Crippen LogP contribution in [0.1, 0.15) is 65.7 Å². The molecule has 0 amide bonds. The number of hydrogen-bond acceptors (Lipinski definition) is 3. The number of hydrogen-bond donors (Lipinski definition) is 1. The summed E-state index contributed by atoms with van der Waals surface area (Å²) in [5.41, 5.74) is 1.57. The minimum absolute atomic E-state index is 0.136. The lowest BCUT2D eigenvalue weighted by Crippen LogP contribution is -2.50. The van der Waals surface area contributed by atoms with Crippen LogP contribution in [0.5, 0.6) is 0 Å². The van der Waals surface area contributed by atoms with Crippen molar-refractivity contribution in [1.82, 2.24) is 0 Å². The van der Waals surface area contributed by atoms with E-state index in [4.69, 9.17) is 4.74 Å². The fraction of sp³-hybridized carbons (Fsp3) is 0.857. The van der Waals surface area contributed by atoms with Gasteiger partial charge in [-0.1, -0.05) is 25.5 Å². The molecule has 5 rings (SSSR count). The Hall–Kier alpha value is -0.670. The summed E-state index contributed by atoms with van der Waals surface area (Å²) in [5.74, 6) is 2.30. The summed E-state index contributed by atoms with van der Waals surface area (Å²) >= 11 is 0. The van der Waals surface area contributed by atoms with E-state index in [0.717, 1.165) is 38.0 Å². The third-order valence-corrected chi connectivity index (χ3v) is 8.93. The van der Waals surface area contributed by atoms with Gasteiger partial charge in [0, 0.05) is 5.41 Å². The van der Waals surface area contributed by atoms with Gasteiger partial charge in [0.25, 0.3) is 0 Å². The third-order valence-electron chi connectivity index (χ3n) is 8.93. The SMILES string of the molecule is CC(=O)[C@@]12C[C@@H]3[C@@H]4CC=C5C[C@H](O)CC[C@]5(C)[C@@H]4CC[C@]3(C)[C@@H]1O2. The van der Waals surface area contributed by atoms with Gasteiger partial charge >= 0.3 is 0 Å². The topological polar surface area (TPSA) is 49.8 Å². The van der Waals surface area contributed by atoms with Crippen LogP contribution in [0.25, 0.3) is 0 Å². The van der Waals surface area contributed by atoms with Crippen LogP contribution in [-0.4, -0.2) is 28.7 Å². The minimum Gasteiger partial charge on any atom is -0.393 e. The molecule has 1 aliphatic heterocycles. The van der Waals surface area contributed by atoms with Crippen molar-refractivity contribution in [2.75, 3.05) is 0 Å². The Morgan fingerprint density at radius 2 is 2.04 bits per heavy atom. The van der Waals surface area contributed by atoms with Gasteiger partial charge in [-0.15, -0.1) is 0 Å². The second kappa shape index (κ2) is 4.54. The first kappa shape index (κ1) is 15.6. The number of aliphatic hydroxyl groups excluding tert-OH is 1. The molecule has 0 spiro atoms. The van der Waals surface area contributed by atoms with Crippen molar-refractivity contribution in [2.45, 2.75) is 83.5 Å². The van der Waals surface area contributed by atoms with Crippen LogP contribution < -0.4 is 0 Å². The highest BCUT2D eigenvalue weighted by molar-refractivity contribution is 5.89. The second-order valence-corrected chi connectivity index (χ2v) is 9.85. The minimum atomic E-state index is -0.429. The number of carbonyl (C=O) groups excluding carboxylic acids is 1. The highest BCUT2D eigenvalue weighted by Crippen LogP contribution is 2.72. The lowest BCUT2D eigenvalue weighted by Gasteiger charge is -2.57. The van der Waals surface area contributed by atoms with Crippen molar-refractivity contribution in [3.8, 4) is 0 Å². The van der Waals surface area contributed by atoms with Crippen LogP contribution >= 0.6 is 0 Å². The molecule has 3 heteroatoms. The Balaban J connectivity index is 1.50. The van der Waals surface area contributed by atoms with Gasteiger partial charge in [0.05, 0.1) is 6.10 Å². The summed E-state index contributed by atoms with van der Waals surface area (Å²) in [6, 6.07) is 0. The lowest BCUT2D eigenvalue weighted by molar-refractivity contribution is -0.123. The molecule has 4 aliphatic carbocycles. The van der Waals surface area contributed by atoms with E-state index in [2.05, 4.69) is 19.9 Å². The van der Waals surface area contributed by atoms with Crippen molar-refractivity contribution < 1.29 is 14.6 Å². The number of epoxide rings is 1. The molecule has 0 radical (unpaired) electrons. The molecular formula is C21H30O3. The molecule has 3 saturated carbocycles. The van der Waals surface area contributed by atoms with Gasteiger partial charge in [-0.25, -0.2) is 0 Å². The molecule has 0 unspecified atom stereocenters. The molecule has 0 aromatic carbocycles. The van der Waals surface area contributed by atoms with Gasteiger partial charge < -0.3 is 9.84 Å². The molecule has 132 valence electrons. The maximum atomic E-state index is 12.2. The first-order chi connectivity index (χ1) is 11.3. The smallest absolute Gasteiger partial charge is 0.164 e. The Labute approximate surface area is 144 Å². The van der Waals surface area contributed by atoms with E-state index in [9.17, 15) is 9.90 Å². The normalized spacial score (nSPS) is 58.0. The van der Waals surface area contributed by atoms with Gasteiger partial charge in [-0.05, 0) is 75.0 Å². The van der Waals surface area contributed by atoms with Crippen LogP contribution in [-0.2, 0) is 9.53 Å². The van der Waals surface area contributed by atoms with Crippen molar-refractivity contribution in [2.24, 2.45) is 28.6 Å². The van der Waals surface area contributed by atoms with Crippen molar-refractivity contribution in [3.63, 3.8) is 0 Å². The molecule has 1 heterocycles. The number of ketones is 1. The average molecular weight is 330 g/mol. The fourth-order valence-corrected chi connectivity index (χ4v) is 7.44. The summed E-state index contributed by atoms with van der Waals surface area (Å²) in [4.78, 5) is 12.2. The van der Waals surface area contributed by atoms with E-state index >= 15 is 0 Å². The zero-order valence-corrected chi connectivity index (χ0v) is 15.2. The maximum absolute atomic E-state index is 12.2. The van der Waals surface area contributed by atoms with E-state index in [-0.39, 0.29) is 28.8 Å². The lowest BCUT2D eigenvalue weighted by atomic mass is 9.48. The van der Waals surface area contributed by atoms with Crippen molar-refractivity contribution in [1.29, 1.82) is 0 Å². The molecule has 0 aromatic heterocycles. The predicted octanol–water partition coefficient (Wildman–Crippen LogP) is 3.65.